The fourth-order valence-corrected chi connectivity index (χ4v) is 4.04. The van der Waals surface area contributed by atoms with E-state index >= 15 is 0 Å². The van der Waals surface area contributed by atoms with Crippen LogP contribution in [0.4, 0.5) is 11.6 Å². The standard InChI is InChI=1S/C19H21N5O4S/c1-2-28-17-9-4-3-6-13(17)10-16(25)12-29(27)19-22-21-18(20)24(19)15-8-5-7-14(11-15)23-26/h3-9,11,16,25H,2,10,12H2,1H3,(H2,20,21)/t16-,29?/m0/s1. The number of rotatable bonds is 9. The molecule has 1 aromatic heterocycles. The third-order valence-corrected chi connectivity index (χ3v) is 5.49. The highest BCUT2D eigenvalue weighted by molar-refractivity contribution is 7.84. The molecule has 152 valence electrons. The smallest absolute Gasteiger partial charge is 0.227 e. The molecular weight excluding hydrogens is 394 g/mol. The van der Waals surface area contributed by atoms with Crippen molar-refractivity contribution < 1.29 is 14.1 Å². The largest absolute Gasteiger partial charge is 0.494 e. The van der Waals surface area contributed by atoms with Crippen molar-refractivity contribution in [1.82, 2.24) is 14.8 Å². The van der Waals surface area contributed by atoms with Crippen molar-refractivity contribution >= 4 is 22.4 Å². The lowest BCUT2D eigenvalue weighted by Crippen LogP contribution is -2.21. The number of nitroso groups, excluding NO2 is 1. The number of benzene rings is 2. The second-order valence-corrected chi connectivity index (χ2v) is 7.59. The number of hydrogen-bond acceptors (Lipinski definition) is 8. The molecule has 3 aromatic rings. The molecule has 0 bridgehead atoms. The average molecular weight is 415 g/mol. The second kappa shape index (κ2) is 9.39. The van der Waals surface area contributed by atoms with E-state index in [1.807, 2.05) is 31.2 Å². The van der Waals surface area contributed by atoms with Gasteiger partial charge in [0.1, 0.15) is 11.4 Å². The quantitative estimate of drug-likeness (QED) is 0.513. The Morgan fingerprint density at radius 3 is 2.79 bits per heavy atom. The van der Waals surface area contributed by atoms with Gasteiger partial charge in [0.2, 0.25) is 11.1 Å². The maximum absolute atomic E-state index is 12.9. The van der Waals surface area contributed by atoms with Gasteiger partial charge in [-0.15, -0.1) is 15.1 Å². The Bertz CT molecular complexity index is 1020. The summed E-state index contributed by atoms with van der Waals surface area (Å²) in [6.07, 6.45) is -0.623. The molecular formula is C19H21N5O4S. The van der Waals surface area contributed by atoms with Gasteiger partial charge < -0.3 is 15.6 Å². The molecule has 1 unspecified atom stereocenters. The lowest BCUT2D eigenvalue weighted by Gasteiger charge is -2.14. The van der Waals surface area contributed by atoms with Gasteiger partial charge in [-0.25, -0.2) is 0 Å². The van der Waals surface area contributed by atoms with Gasteiger partial charge in [-0.05, 0) is 41.9 Å². The summed E-state index contributed by atoms with van der Waals surface area (Å²) >= 11 is 0. The Morgan fingerprint density at radius 2 is 2.03 bits per heavy atom. The van der Waals surface area contributed by atoms with Crippen LogP contribution < -0.4 is 10.5 Å². The van der Waals surface area contributed by atoms with Crippen molar-refractivity contribution in [3.63, 3.8) is 0 Å². The van der Waals surface area contributed by atoms with E-state index in [0.717, 1.165) is 5.56 Å². The fraction of sp³-hybridized carbons (Fsp3) is 0.263. The van der Waals surface area contributed by atoms with Crippen LogP contribution in [0.25, 0.3) is 5.69 Å². The van der Waals surface area contributed by atoms with Crippen LogP contribution in [0.2, 0.25) is 0 Å². The number of nitrogens with two attached hydrogens (primary N) is 1. The van der Waals surface area contributed by atoms with Crippen LogP contribution in [0.15, 0.2) is 58.9 Å². The van der Waals surface area contributed by atoms with Crippen LogP contribution >= 0.6 is 0 Å². The summed E-state index contributed by atoms with van der Waals surface area (Å²) in [4.78, 5) is 10.8. The van der Waals surface area contributed by atoms with Gasteiger partial charge in [0, 0.05) is 6.42 Å². The molecule has 0 radical (unpaired) electrons. The van der Waals surface area contributed by atoms with E-state index in [1.54, 1.807) is 12.1 Å². The lowest BCUT2D eigenvalue weighted by molar-refractivity contribution is 0.197. The Morgan fingerprint density at radius 1 is 1.24 bits per heavy atom. The summed E-state index contributed by atoms with van der Waals surface area (Å²) in [6, 6.07) is 13.7. The first-order chi connectivity index (χ1) is 14.0. The van der Waals surface area contributed by atoms with E-state index in [-0.39, 0.29) is 29.0 Å². The Kier molecular flexibility index (Phi) is 6.68. The van der Waals surface area contributed by atoms with Crippen LogP contribution in [0, 0.1) is 4.91 Å². The first-order valence-corrected chi connectivity index (χ1v) is 10.3. The molecule has 0 amide bonds. The topological polar surface area (TPSA) is 133 Å². The van der Waals surface area contributed by atoms with E-state index in [2.05, 4.69) is 15.4 Å². The zero-order valence-corrected chi connectivity index (χ0v) is 16.6. The zero-order valence-electron chi connectivity index (χ0n) is 15.8. The molecule has 0 fully saturated rings. The fourth-order valence-electron chi connectivity index (χ4n) is 2.89. The maximum Gasteiger partial charge on any atom is 0.227 e. The van der Waals surface area contributed by atoms with Crippen molar-refractivity contribution in [1.29, 1.82) is 0 Å². The Hall–Kier alpha value is -3.11. The normalized spacial score (nSPS) is 13.0. The van der Waals surface area contributed by atoms with E-state index in [9.17, 15) is 14.2 Å². The monoisotopic (exact) mass is 415 g/mol. The third kappa shape index (κ3) is 4.84. The number of aromatic nitrogens is 3. The van der Waals surface area contributed by atoms with Gasteiger partial charge in [0.05, 0.1) is 35.0 Å². The minimum Gasteiger partial charge on any atom is -0.494 e. The predicted octanol–water partition coefficient (Wildman–Crippen LogP) is 2.36. The molecule has 0 spiro atoms. The number of para-hydroxylation sites is 1. The summed E-state index contributed by atoms with van der Waals surface area (Å²) in [7, 11) is -1.69. The third-order valence-electron chi connectivity index (χ3n) is 4.13. The van der Waals surface area contributed by atoms with Crippen LogP contribution in [0.1, 0.15) is 12.5 Å². The van der Waals surface area contributed by atoms with E-state index in [0.29, 0.717) is 18.0 Å². The van der Waals surface area contributed by atoms with Gasteiger partial charge in [-0.2, -0.15) is 0 Å². The van der Waals surface area contributed by atoms with Crippen LogP contribution in [0.5, 0.6) is 5.75 Å². The Labute approximate surface area is 170 Å². The number of anilines is 1. The lowest BCUT2D eigenvalue weighted by atomic mass is 10.1. The van der Waals surface area contributed by atoms with Crippen LogP contribution in [0.3, 0.4) is 0 Å². The highest BCUT2D eigenvalue weighted by atomic mass is 32.2. The average Bonchev–Trinajstić information content (AvgIpc) is 3.11. The highest BCUT2D eigenvalue weighted by Gasteiger charge is 2.21. The summed E-state index contributed by atoms with van der Waals surface area (Å²) in [5.74, 6) is 0.641. The summed E-state index contributed by atoms with van der Waals surface area (Å²) in [5.41, 5.74) is 7.36. The molecule has 3 N–H and O–H groups in total. The molecule has 0 saturated heterocycles. The number of aliphatic hydroxyl groups excluding tert-OH is 1. The summed E-state index contributed by atoms with van der Waals surface area (Å²) in [6.45, 7) is 2.39. The Balaban J connectivity index is 1.79. The molecule has 0 saturated carbocycles. The molecule has 2 atom stereocenters. The molecule has 0 aliphatic heterocycles. The molecule has 9 nitrogen and oxygen atoms in total. The minimum atomic E-state index is -1.69. The van der Waals surface area contributed by atoms with Crippen molar-refractivity contribution in [2.24, 2.45) is 5.18 Å². The van der Waals surface area contributed by atoms with Crippen LogP contribution in [-0.4, -0.2) is 42.5 Å². The molecule has 0 aliphatic rings. The molecule has 2 aromatic carbocycles. The van der Waals surface area contributed by atoms with E-state index in [4.69, 9.17) is 10.5 Å². The first kappa shape index (κ1) is 20.6. The van der Waals surface area contributed by atoms with Gasteiger partial charge >= 0.3 is 0 Å². The number of ether oxygens (including phenoxy) is 1. The van der Waals surface area contributed by atoms with Gasteiger partial charge in [0.25, 0.3) is 0 Å². The number of nitrogen functional groups attached to an aromatic ring is 1. The predicted molar refractivity (Wildman–Crippen MR) is 110 cm³/mol. The van der Waals surface area contributed by atoms with Crippen molar-refractivity contribution in [2.45, 2.75) is 24.6 Å². The van der Waals surface area contributed by atoms with Crippen molar-refractivity contribution in [3.8, 4) is 11.4 Å². The summed E-state index contributed by atoms with van der Waals surface area (Å²) < 4.78 is 19.8. The summed E-state index contributed by atoms with van der Waals surface area (Å²) in [5, 5.41) is 21.1. The number of nitrogens with zero attached hydrogens (tertiary/aromatic N) is 4. The second-order valence-electron chi connectivity index (χ2n) is 6.20. The number of hydrogen-bond donors (Lipinski definition) is 2. The van der Waals surface area contributed by atoms with E-state index in [1.165, 1.54) is 16.7 Å². The van der Waals surface area contributed by atoms with E-state index < -0.39 is 16.9 Å². The molecule has 1 heterocycles. The molecule has 29 heavy (non-hydrogen) atoms. The maximum atomic E-state index is 12.9. The zero-order chi connectivity index (χ0) is 20.8. The van der Waals surface area contributed by atoms with Gasteiger partial charge in [-0.1, -0.05) is 24.3 Å². The SMILES string of the molecule is CCOc1ccccc1C[C@H](O)CS(=O)c1nnc(N)n1-c1cccc(N=O)c1. The van der Waals surface area contributed by atoms with Crippen molar-refractivity contribution in [3.05, 3.63) is 59.0 Å². The number of aliphatic hydroxyl groups is 1. The molecule has 10 heteroatoms. The van der Waals surface area contributed by atoms with Crippen molar-refractivity contribution in [2.75, 3.05) is 18.1 Å². The van der Waals surface area contributed by atoms with Crippen LogP contribution in [-0.2, 0) is 17.2 Å². The van der Waals surface area contributed by atoms with Gasteiger partial charge in [0.15, 0.2) is 0 Å². The minimum absolute atomic E-state index is 0.0209. The highest BCUT2D eigenvalue weighted by Crippen LogP contribution is 2.23. The molecule has 3 rings (SSSR count). The first-order valence-electron chi connectivity index (χ1n) is 8.95. The molecule has 0 aliphatic carbocycles. The van der Waals surface area contributed by atoms with Gasteiger partial charge in [-0.3, -0.25) is 8.78 Å².